The Labute approximate surface area is 153 Å². The molecule has 0 radical (unpaired) electrons. The van der Waals surface area contributed by atoms with E-state index in [1.54, 1.807) is 39.0 Å². The largest absolute Gasteiger partial charge is 0.486 e. The average molecular weight is 370 g/mol. The fourth-order valence-electron chi connectivity index (χ4n) is 3.09. The van der Waals surface area contributed by atoms with E-state index in [0.717, 1.165) is 0 Å². The van der Waals surface area contributed by atoms with Crippen LogP contribution in [0, 0.1) is 13.8 Å². The molecule has 0 aliphatic carbocycles. The molecule has 1 aliphatic rings. The molecule has 0 saturated heterocycles. The minimum Gasteiger partial charge on any atom is -0.486 e. The number of rotatable bonds is 3. The smallest absolute Gasteiger partial charge is 0.267 e. The van der Waals surface area contributed by atoms with Crippen LogP contribution in [-0.2, 0) is 4.79 Å². The summed E-state index contributed by atoms with van der Waals surface area (Å²) in [6.45, 7) is 5.90. The summed E-state index contributed by atoms with van der Waals surface area (Å²) in [5.41, 5.74) is 0.805. The van der Waals surface area contributed by atoms with Gasteiger partial charge in [0.25, 0.3) is 11.3 Å². The van der Waals surface area contributed by atoms with Gasteiger partial charge >= 0.3 is 0 Å². The molecule has 1 aliphatic heterocycles. The quantitative estimate of drug-likeness (QED) is 0.751. The van der Waals surface area contributed by atoms with Crippen LogP contribution < -0.4 is 20.3 Å². The fourth-order valence-corrected chi connectivity index (χ4v) is 3.09. The molecule has 140 valence electrons. The zero-order valence-electron chi connectivity index (χ0n) is 15.1. The number of anilines is 1. The third-order valence-electron chi connectivity index (χ3n) is 4.47. The Morgan fingerprint density at radius 3 is 2.74 bits per heavy atom. The Bertz CT molecular complexity index is 1100. The van der Waals surface area contributed by atoms with Crippen LogP contribution in [0.2, 0.25) is 0 Å². The third kappa shape index (κ3) is 2.90. The van der Waals surface area contributed by atoms with Crippen molar-refractivity contribution in [1.29, 1.82) is 0 Å². The molecule has 1 aromatic carbocycles. The Morgan fingerprint density at radius 1 is 1.22 bits per heavy atom. The van der Waals surface area contributed by atoms with Gasteiger partial charge in [-0.2, -0.15) is 4.98 Å². The van der Waals surface area contributed by atoms with Gasteiger partial charge in [-0.3, -0.25) is 14.2 Å². The summed E-state index contributed by atoms with van der Waals surface area (Å²) in [6, 6.07) is 4.37. The molecule has 27 heavy (non-hydrogen) atoms. The van der Waals surface area contributed by atoms with Crippen LogP contribution in [-0.4, -0.2) is 33.8 Å². The number of benzene rings is 1. The van der Waals surface area contributed by atoms with Crippen molar-refractivity contribution < 1.29 is 18.8 Å². The summed E-state index contributed by atoms with van der Waals surface area (Å²) >= 11 is 0. The van der Waals surface area contributed by atoms with Gasteiger partial charge in [0.1, 0.15) is 30.5 Å². The molecule has 1 unspecified atom stereocenters. The molecule has 1 N–H and O–H groups in total. The highest BCUT2D eigenvalue weighted by molar-refractivity contribution is 5.94. The second-order valence-corrected chi connectivity index (χ2v) is 6.31. The topological polar surface area (TPSA) is 108 Å². The van der Waals surface area contributed by atoms with Crippen molar-refractivity contribution in [2.24, 2.45) is 0 Å². The van der Waals surface area contributed by atoms with Crippen molar-refractivity contribution >= 4 is 22.7 Å². The maximum atomic E-state index is 12.8. The van der Waals surface area contributed by atoms with Gasteiger partial charge in [0.15, 0.2) is 11.5 Å². The maximum Gasteiger partial charge on any atom is 0.267 e. The van der Waals surface area contributed by atoms with E-state index in [1.165, 1.54) is 4.57 Å². The second kappa shape index (κ2) is 6.42. The lowest BCUT2D eigenvalue weighted by atomic mass is 10.2. The van der Waals surface area contributed by atoms with Gasteiger partial charge in [-0.25, -0.2) is 0 Å². The average Bonchev–Trinajstić information content (AvgIpc) is 3.02. The summed E-state index contributed by atoms with van der Waals surface area (Å²) in [6.07, 6.45) is 0. The van der Waals surface area contributed by atoms with Crippen LogP contribution in [0.4, 0.5) is 5.69 Å². The molecule has 3 heterocycles. The van der Waals surface area contributed by atoms with E-state index in [0.29, 0.717) is 41.9 Å². The second-order valence-electron chi connectivity index (χ2n) is 6.31. The van der Waals surface area contributed by atoms with E-state index in [9.17, 15) is 9.59 Å². The molecular formula is C18H18N4O5. The van der Waals surface area contributed by atoms with Gasteiger partial charge in [-0.05, 0) is 32.9 Å². The lowest BCUT2D eigenvalue weighted by molar-refractivity contribution is -0.118. The van der Waals surface area contributed by atoms with Crippen LogP contribution >= 0.6 is 0 Å². The Balaban J connectivity index is 1.64. The zero-order chi connectivity index (χ0) is 19.1. The van der Waals surface area contributed by atoms with Crippen LogP contribution in [0.15, 0.2) is 27.5 Å². The lowest BCUT2D eigenvalue weighted by Crippen LogP contribution is -2.33. The molecule has 9 nitrogen and oxygen atoms in total. The number of nitrogens with zero attached hydrogens (tertiary/aromatic N) is 3. The first-order chi connectivity index (χ1) is 13.0. The van der Waals surface area contributed by atoms with Crippen molar-refractivity contribution in [2.75, 3.05) is 18.5 Å². The molecule has 2 aromatic heterocycles. The van der Waals surface area contributed by atoms with Crippen LogP contribution in [0.1, 0.15) is 24.5 Å². The van der Waals surface area contributed by atoms with E-state index in [1.807, 2.05) is 0 Å². The number of amides is 1. The van der Waals surface area contributed by atoms with Crippen LogP contribution in [0.3, 0.4) is 0 Å². The molecule has 0 fully saturated rings. The lowest BCUT2D eigenvalue weighted by Gasteiger charge is -2.20. The van der Waals surface area contributed by atoms with Crippen molar-refractivity contribution in [1.82, 2.24) is 14.7 Å². The zero-order valence-corrected chi connectivity index (χ0v) is 15.1. The van der Waals surface area contributed by atoms with E-state index in [-0.39, 0.29) is 22.6 Å². The number of hydrogen-bond donors (Lipinski definition) is 1. The highest BCUT2D eigenvalue weighted by Crippen LogP contribution is 2.32. The molecular weight excluding hydrogens is 352 g/mol. The monoisotopic (exact) mass is 370 g/mol. The summed E-state index contributed by atoms with van der Waals surface area (Å²) in [4.78, 5) is 29.8. The summed E-state index contributed by atoms with van der Waals surface area (Å²) in [7, 11) is 0. The highest BCUT2D eigenvalue weighted by Gasteiger charge is 2.23. The van der Waals surface area contributed by atoms with E-state index in [2.05, 4.69) is 15.5 Å². The van der Waals surface area contributed by atoms with Gasteiger partial charge in [-0.1, -0.05) is 5.16 Å². The summed E-state index contributed by atoms with van der Waals surface area (Å²) in [5, 5.41) is 6.85. The number of fused-ring (bicyclic) bond motifs is 2. The first-order valence-electron chi connectivity index (χ1n) is 8.51. The van der Waals surface area contributed by atoms with E-state index in [4.69, 9.17) is 14.0 Å². The number of aryl methyl sites for hydroxylation is 2. The molecule has 1 amide bonds. The number of carbonyl (C=O) groups is 1. The van der Waals surface area contributed by atoms with Crippen molar-refractivity contribution in [3.63, 3.8) is 0 Å². The van der Waals surface area contributed by atoms with Crippen molar-refractivity contribution in [2.45, 2.75) is 26.8 Å². The third-order valence-corrected chi connectivity index (χ3v) is 4.47. The van der Waals surface area contributed by atoms with E-state index < -0.39 is 6.04 Å². The normalized spacial score (nSPS) is 14.2. The van der Waals surface area contributed by atoms with Gasteiger partial charge < -0.3 is 19.3 Å². The maximum absolute atomic E-state index is 12.8. The number of nitrogens with one attached hydrogen (secondary N) is 1. The first kappa shape index (κ1) is 17.1. The van der Waals surface area contributed by atoms with Crippen LogP contribution in [0.5, 0.6) is 11.5 Å². The molecule has 3 aromatic rings. The molecule has 0 bridgehead atoms. The van der Waals surface area contributed by atoms with Gasteiger partial charge in [0.05, 0.1) is 5.69 Å². The summed E-state index contributed by atoms with van der Waals surface area (Å²) in [5.74, 6) is 1.22. The van der Waals surface area contributed by atoms with E-state index >= 15 is 0 Å². The fraction of sp³-hybridized carbons (Fsp3) is 0.333. The van der Waals surface area contributed by atoms with Crippen LogP contribution in [0.25, 0.3) is 11.1 Å². The summed E-state index contributed by atoms with van der Waals surface area (Å²) < 4.78 is 17.4. The molecule has 1 atom stereocenters. The first-order valence-corrected chi connectivity index (χ1v) is 8.51. The predicted octanol–water partition coefficient (Wildman–Crippen LogP) is 1.97. The van der Waals surface area contributed by atoms with Crippen molar-refractivity contribution in [3.8, 4) is 11.5 Å². The van der Waals surface area contributed by atoms with Gasteiger partial charge in [-0.15, -0.1) is 0 Å². The van der Waals surface area contributed by atoms with Crippen molar-refractivity contribution in [3.05, 3.63) is 40.1 Å². The Kier molecular flexibility index (Phi) is 4.06. The number of carbonyl (C=O) groups excluding carboxylic acids is 1. The minimum absolute atomic E-state index is 0.172. The number of aromatic nitrogens is 3. The number of ether oxygens (including phenoxy) is 2. The van der Waals surface area contributed by atoms with Gasteiger partial charge in [0.2, 0.25) is 5.91 Å². The predicted molar refractivity (Wildman–Crippen MR) is 96.3 cm³/mol. The minimum atomic E-state index is -0.781. The van der Waals surface area contributed by atoms with Gasteiger partial charge in [0, 0.05) is 11.8 Å². The Hall–Kier alpha value is -3.36. The molecule has 9 heteroatoms. The standard InChI is InChI=1S/C18H18N4O5/c1-9-15-17(27-21-9)19-11(3)22(18(15)24)10(2)16(23)20-12-4-5-13-14(8-12)26-7-6-25-13/h4-5,8,10H,6-7H2,1-3H3,(H,20,23). The molecule has 0 saturated carbocycles. The number of hydrogen-bond acceptors (Lipinski definition) is 7. The highest BCUT2D eigenvalue weighted by atomic mass is 16.6. The molecule has 4 rings (SSSR count). The SMILES string of the molecule is Cc1noc2nc(C)n(C(C)C(=O)Nc3ccc4c(c3)OCCO4)c(=O)c12. The molecule has 0 spiro atoms. The Morgan fingerprint density at radius 2 is 1.96 bits per heavy atom.